The topological polar surface area (TPSA) is 86.4 Å². The number of aromatic nitrogens is 3. The molecule has 0 aliphatic carbocycles. The van der Waals surface area contributed by atoms with Crippen LogP contribution in [0.15, 0.2) is 15.8 Å². The van der Waals surface area contributed by atoms with Gasteiger partial charge in [0.1, 0.15) is 17.7 Å². The maximum atomic E-state index is 13.0. The average molecular weight is 362 g/mol. The summed E-state index contributed by atoms with van der Waals surface area (Å²) in [6, 6.07) is -0.0816. The zero-order valence-corrected chi connectivity index (χ0v) is 16.4. The fourth-order valence-corrected chi connectivity index (χ4v) is 3.31. The van der Waals surface area contributed by atoms with Gasteiger partial charge in [-0.05, 0) is 34.6 Å². The molecule has 0 saturated heterocycles. The van der Waals surface area contributed by atoms with Crippen LogP contribution in [0.2, 0.25) is 0 Å². The Morgan fingerprint density at radius 2 is 1.81 bits per heavy atom. The molecule has 0 fully saturated rings. The lowest BCUT2D eigenvalue weighted by molar-refractivity contribution is -0.135. The molecule has 2 rings (SSSR count). The number of hydrogen-bond acceptors (Lipinski definition) is 5. The zero-order chi connectivity index (χ0) is 19.8. The van der Waals surface area contributed by atoms with Gasteiger partial charge in [0, 0.05) is 30.9 Å². The number of pyridine rings is 1. The summed E-state index contributed by atoms with van der Waals surface area (Å²) in [5.41, 5.74) is -0.242. The third-order valence-corrected chi connectivity index (χ3v) is 4.38. The molecule has 0 aromatic carbocycles. The highest BCUT2D eigenvalue weighted by Crippen LogP contribution is 2.23. The number of amides is 1. The van der Waals surface area contributed by atoms with Crippen LogP contribution < -0.4 is 16.0 Å². The van der Waals surface area contributed by atoms with Gasteiger partial charge in [-0.2, -0.15) is 0 Å². The number of carbonyl (C=O) groups is 1. The number of methoxy groups -OCH3 is 1. The Labute approximate surface area is 152 Å². The zero-order valence-electron chi connectivity index (χ0n) is 16.4. The van der Waals surface area contributed by atoms with Crippen molar-refractivity contribution in [2.75, 3.05) is 7.11 Å². The monoisotopic (exact) mass is 362 g/mol. The summed E-state index contributed by atoms with van der Waals surface area (Å²) in [5.74, 6) is 0.0782. The Hall–Kier alpha value is -2.64. The van der Waals surface area contributed by atoms with E-state index in [1.807, 2.05) is 27.7 Å². The second-order valence-electron chi connectivity index (χ2n) is 6.89. The van der Waals surface area contributed by atoms with Crippen LogP contribution in [0.3, 0.4) is 0 Å². The van der Waals surface area contributed by atoms with Gasteiger partial charge in [-0.25, -0.2) is 14.3 Å². The molecular formula is C18H26N4O4. The molecule has 0 spiro atoms. The van der Waals surface area contributed by atoms with Crippen LogP contribution in [-0.4, -0.2) is 44.1 Å². The highest BCUT2D eigenvalue weighted by Gasteiger charge is 2.24. The Balaban J connectivity index is 2.71. The van der Waals surface area contributed by atoms with Crippen LogP contribution in [0, 0.1) is 6.92 Å². The number of carbonyl (C=O) groups excluding carboxylic acids is 1. The van der Waals surface area contributed by atoms with Crippen LogP contribution in [-0.2, 0) is 18.4 Å². The minimum absolute atomic E-state index is 0.0408. The van der Waals surface area contributed by atoms with E-state index in [0.29, 0.717) is 11.3 Å². The lowest BCUT2D eigenvalue weighted by Gasteiger charge is -2.31. The van der Waals surface area contributed by atoms with Crippen LogP contribution >= 0.6 is 0 Å². The van der Waals surface area contributed by atoms with Crippen LogP contribution in [0.25, 0.3) is 11.0 Å². The Morgan fingerprint density at radius 3 is 2.31 bits per heavy atom. The van der Waals surface area contributed by atoms with Crippen molar-refractivity contribution < 1.29 is 9.53 Å². The molecule has 26 heavy (non-hydrogen) atoms. The maximum Gasteiger partial charge on any atom is 0.332 e. The van der Waals surface area contributed by atoms with Crippen molar-refractivity contribution in [3.8, 4) is 5.75 Å². The first-order chi connectivity index (χ1) is 12.1. The quantitative estimate of drug-likeness (QED) is 0.794. The Kier molecular flexibility index (Phi) is 5.53. The van der Waals surface area contributed by atoms with Gasteiger partial charge in [0.15, 0.2) is 5.65 Å². The smallest absolute Gasteiger partial charge is 0.332 e. The van der Waals surface area contributed by atoms with Gasteiger partial charge in [-0.15, -0.1) is 0 Å². The van der Waals surface area contributed by atoms with Crippen LogP contribution in [0.5, 0.6) is 5.75 Å². The van der Waals surface area contributed by atoms with Gasteiger partial charge in [-0.1, -0.05) is 0 Å². The Bertz CT molecular complexity index is 948. The van der Waals surface area contributed by atoms with Crippen molar-refractivity contribution >= 4 is 16.9 Å². The summed E-state index contributed by atoms with van der Waals surface area (Å²) >= 11 is 0. The number of rotatable bonds is 5. The number of hydrogen-bond donors (Lipinski definition) is 0. The van der Waals surface area contributed by atoms with Gasteiger partial charge < -0.3 is 9.64 Å². The summed E-state index contributed by atoms with van der Waals surface area (Å²) in [5, 5.41) is 0.197. The predicted octanol–water partition coefficient (Wildman–Crippen LogP) is 1.06. The molecule has 8 heteroatoms. The molecule has 0 saturated carbocycles. The fourth-order valence-electron chi connectivity index (χ4n) is 3.31. The molecule has 0 N–H and O–H groups in total. The van der Waals surface area contributed by atoms with Crippen molar-refractivity contribution in [2.24, 2.45) is 7.05 Å². The molecular weight excluding hydrogens is 336 g/mol. The Morgan fingerprint density at radius 1 is 1.23 bits per heavy atom. The fraction of sp³-hybridized carbons (Fsp3) is 0.556. The molecule has 0 aliphatic heterocycles. The van der Waals surface area contributed by atoms with E-state index in [4.69, 9.17) is 4.74 Å². The van der Waals surface area contributed by atoms with Gasteiger partial charge >= 0.3 is 5.69 Å². The van der Waals surface area contributed by atoms with E-state index in [1.54, 1.807) is 18.0 Å². The molecule has 0 atom stereocenters. The lowest BCUT2D eigenvalue weighted by Crippen LogP contribution is -2.48. The average Bonchev–Trinajstić information content (AvgIpc) is 2.55. The van der Waals surface area contributed by atoms with Crippen LogP contribution in [0.1, 0.15) is 33.3 Å². The van der Waals surface area contributed by atoms with E-state index >= 15 is 0 Å². The molecule has 0 radical (unpaired) electrons. The largest absolute Gasteiger partial charge is 0.495 e. The van der Waals surface area contributed by atoms with E-state index in [2.05, 4.69) is 4.98 Å². The first kappa shape index (κ1) is 19.7. The minimum Gasteiger partial charge on any atom is -0.495 e. The third kappa shape index (κ3) is 3.23. The van der Waals surface area contributed by atoms with E-state index < -0.39 is 11.2 Å². The molecule has 2 heterocycles. The second-order valence-corrected chi connectivity index (χ2v) is 6.89. The van der Waals surface area contributed by atoms with Crippen LogP contribution in [0.4, 0.5) is 0 Å². The molecule has 2 aromatic heterocycles. The summed E-state index contributed by atoms with van der Waals surface area (Å²) in [6.45, 7) is 9.04. The number of aryl methyl sites for hydroxylation is 2. The molecule has 8 nitrogen and oxygen atoms in total. The highest BCUT2D eigenvalue weighted by molar-refractivity contribution is 5.83. The minimum atomic E-state index is -0.582. The van der Waals surface area contributed by atoms with Gasteiger partial charge in [-0.3, -0.25) is 14.2 Å². The highest BCUT2D eigenvalue weighted by atomic mass is 16.5. The molecule has 0 bridgehead atoms. The van der Waals surface area contributed by atoms with Crippen molar-refractivity contribution in [3.63, 3.8) is 0 Å². The number of nitrogens with zero attached hydrogens (tertiary/aromatic N) is 4. The molecule has 1 amide bonds. The van der Waals surface area contributed by atoms with Crippen molar-refractivity contribution in [3.05, 3.63) is 32.6 Å². The first-order valence-electron chi connectivity index (χ1n) is 8.56. The first-order valence-corrected chi connectivity index (χ1v) is 8.56. The summed E-state index contributed by atoms with van der Waals surface area (Å²) in [4.78, 5) is 44.2. The van der Waals surface area contributed by atoms with Crippen molar-refractivity contribution in [2.45, 2.75) is 53.2 Å². The van der Waals surface area contributed by atoms with Crippen molar-refractivity contribution in [1.82, 2.24) is 19.0 Å². The van der Waals surface area contributed by atoms with Gasteiger partial charge in [0.05, 0.1) is 7.11 Å². The normalized spacial score (nSPS) is 11.4. The van der Waals surface area contributed by atoms with Gasteiger partial charge in [0.25, 0.3) is 5.56 Å². The van der Waals surface area contributed by atoms with Gasteiger partial charge in [0.2, 0.25) is 5.91 Å². The molecule has 0 unspecified atom stereocenters. The predicted molar refractivity (Wildman–Crippen MR) is 99.7 cm³/mol. The van der Waals surface area contributed by atoms with E-state index in [0.717, 1.165) is 4.57 Å². The SMILES string of the molecule is COc1c(C)cnc2c1c(=O)n(CC(=O)N(C(C)C)C(C)C)c(=O)n2C. The van der Waals surface area contributed by atoms with Crippen molar-refractivity contribution in [1.29, 1.82) is 0 Å². The second kappa shape index (κ2) is 7.31. The van der Waals surface area contributed by atoms with E-state index in [1.165, 1.54) is 18.7 Å². The standard InChI is InChI=1S/C18H26N4O4/c1-10(2)22(11(3)4)13(23)9-21-17(24)14-15(26-7)12(5)8-19-16(14)20(6)18(21)25/h8,10-11H,9H2,1-7H3. The van der Waals surface area contributed by atoms with E-state index in [9.17, 15) is 14.4 Å². The molecule has 142 valence electrons. The summed E-state index contributed by atoms with van der Waals surface area (Å²) < 4.78 is 7.57. The summed E-state index contributed by atoms with van der Waals surface area (Å²) in [7, 11) is 2.98. The lowest BCUT2D eigenvalue weighted by atomic mass is 10.2. The maximum absolute atomic E-state index is 13.0. The van der Waals surface area contributed by atoms with E-state index in [-0.39, 0.29) is 35.6 Å². The number of fused-ring (bicyclic) bond motifs is 1. The molecule has 0 aliphatic rings. The third-order valence-electron chi connectivity index (χ3n) is 4.38. The number of ether oxygens (including phenoxy) is 1. The molecule has 2 aromatic rings. The summed E-state index contributed by atoms with van der Waals surface area (Å²) in [6.07, 6.45) is 1.55.